The van der Waals surface area contributed by atoms with Gasteiger partial charge in [-0.05, 0) is 24.2 Å². The Bertz CT molecular complexity index is 364. The predicted molar refractivity (Wildman–Crippen MR) is 74.6 cm³/mol. The third-order valence-corrected chi connectivity index (χ3v) is 4.06. The van der Waals surface area contributed by atoms with Gasteiger partial charge < -0.3 is 9.64 Å². The first kappa shape index (κ1) is 14.4. The summed E-state index contributed by atoms with van der Waals surface area (Å²) in [5, 5.41) is 0. The highest BCUT2D eigenvalue weighted by molar-refractivity contribution is 5.93. The van der Waals surface area contributed by atoms with Crippen molar-refractivity contribution < 1.29 is 9.53 Å². The predicted octanol–water partition coefficient (Wildman–Crippen LogP) is 0.827. The fourth-order valence-electron chi connectivity index (χ4n) is 2.58. The Labute approximate surface area is 116 Å². The van der Waals surface area contributed by atoms with Crippen LogP contribution in [0.4, 0.5) is 0 Å². The first-order valence-corrected chi connectivity index (χ1v) is 7.24. The molecular formula is C15H24N2O2. The van der Waals surface area contributed by atoms with Crippen LogP contribution < -0.4 is 0 Å². The highest BCUT2D eigenvalue weighted by Gasteiger charge is 2.27. The molecular weight excluding hydrogens is 240 g/mol. The van der Waals surface area contributed by atoms with E-state index in [4.69, 9.17) is 4.74 Å². The summed E-state index contributed by atoms with van der Waals surface area (Å²) in [5.41, 5.74) is 0. The normalized spacial score (nSPS) is 24.4. The molecule has 2 rings (SSSR count). The molecule has 4 nitrogen and oxygen atoms in total. The van der Waals surface area contributed by atoms with E-state index < -0.39 is 0 Å². The summed E-state index contributed by atoms with van der Waals surface area (Å²) in [6, 6.07) is 0. The van der Waals surface area contributed by atoms with E-state index in [0.717, 1.165) is 45.8 Å². The fraction of sp³-hybridized carbons (Fsp3) is 0.800. The maximum atomic E-state index is 12.0. The van der Waals surface area contributed by atoms with E-state index in [0.29, 0.717) is 18.4 Å². The Morgan fingerprint density at radius 2 is 2.05 bits per heavy atom. The summed E-state index contributed by atoms with van der Waals surface area (Å²) in [6.45, 7) is 10.3. The largest absolute Gasteiger partial charge is 0.379 e. The molecule has 0 aromatic rings. The molecule has 4 heteroatoms. The zero-order valence-electron chi connectivity index (χ0n) is 12.0. The summed E-state index contributed by atoms with van der Waals surface area (Å²) >= 11 is 0. The average Bonchev–Trinajstić information content (AvgIpc) is 2.89. The van der Waals surface area contributed by atoms with E-state index in [1.54, 1.807) is 0 Å². The third kappa shape index (κ3) is 4.22. The first-order valence-electron chi connectivity index (χ1n) is 7.24. The molecule has 2 fully saturated rings. The second-order valence-corrected chi connectivity index (χ2v) is 5.73. The fourth-order valence-corrected chi connectivity index (χ4v) is 2.58. The van der Waals surface area contributed by atoms with E-state index in [2.05, 4.69) is 30.6 Å². The quantitative estimate of drug-likeness (QED) is 0.693. The highest BCUT2D eigenvalue weighted by Crippen LogP contribution is 2.23. The number of amides is 1. The summed E-state index contributed by atoms with van der Waals surface area (Å²) in [6.07, 6.45) is 1.12. The summed E-state index contributed by atoms with van der Waals surface area (Å²) in [4.78, 5) is 16.1. The van der Waals surface area contributed by atoms with Gasteiger partial charge in [-0.1, -0.05) is 19.8 Å². The van der Waals surface area contributed by atoms with Crippen molar-refractivity contribution >= 4 is 5.91 Å². The van der Waals surface area contributed by atoms with Crippen LogP contribution in [-0.4, -0.2) is 61.6 Å². The van der Waals surface area contributed by atoms with Gasteiger partial charge in [0, 0.05) is 26.2 Å². The molecule has 2 aliphatic rings. The van der Waals surface area contributed by atoms with Crippen LogP contribution >= 0.6 is 0 Å². The van der Waals surface area contributed by atoms with Crippen molar-refractivity contribution in [3.63, 3.8) is 0 Å². The van der Waals surface area contributed by atoms with E-state index in [-0.39, 0.29) is 5.91 Å². The Balaban J connectivity index is 1.75. The molecule has 1 unspecified atom stereocenters. The van der Waals surface area contributed by atoms with Gasteiger partial charge in [0.1, 0.15) is 0 Å². The number of rotatable bonds is 2. The van der Waals surface area contributed by atoms with Gasteiger partial charge in [-0.15, -0.1) is 0 Å². The highest BCUT2D eigenvalue weighted by atomic mass is 16.5. The molecule has 2 aliphatic heterocycles. The molecule has 2 heterocycles. The molecule has 0 aliphatic carbocycles. The number of carbonyl (C=O) groups is 1. The second kappa shape index (κ2) is 6.93. The van der Waals surface area contributed by atoms with Crippen LogP contribution in [0.5, 0.6) is 0 Å². The van der Waals surface area contributed by atoms with Gasteiger partial charge in [-0.25, -0.2) is 0 Å². The van der Waals surface area contributed by atoms with Gasteiger partial charge in [-0.2, -0.15) is 0 Å². The van der Waals surface area contributed by atoms with Crippen LogP contribution in [-0.2, 0) is 9.53 Å². The zero-order chi connectivity index (χ0) is 13.7. The van der Waals surface area contributed by atoms with Gasteiger partial charge in [0.15, 0.2) is 0 Å². The van der Waals surface area contributed by atoms with Crippen molar-refractivity contribution in [1.82, 2.24) is 9.80 Å². The zero-order valence-corrected chi connectivity index (χ0v) is 12.0. The molecule has 19 heavy (non-hydrogen) atoms. The standard InChI is InChI=1S/C15H24N2O2/c1-13(2)14-5-7-17(12-14)15(18)4-3-6-16-8-10-19-11-9-16/h13-14H,5-12H2,1-2H3. The monoisotopic (exact) mass is 264 g/mol. The van der Waals surface area contributed by atoms with Crippen molar-refractivity contribution in [2.45, 2.75) is 20.3 Å². The Kier molecular flexibility index (Phi) is 5.24. The minimum Gasteiger partial charge on any atom is -0.379 e. The average molecular weight is 264 g/mol. The minimum absolute atomic E-state index is 0.00332. The van der Waals surface area contributed by atoms with Crippen molar-refractivity contribution in [2.24, 2.45) is 11.8 Å². The maximum absolute atomic E-state index is 12.0. The molecule has 1 atom stereocenters. The van der Waals surface area contributed by atoms with E-state index >= 15 is 0 Å². The van der Waals surface area contributed by atoms with E-state index in [1.807, 2.05) is 4.90 Å². The lowest BCUT2D eigenvalue weighted by atomic mass is 9.95. The Hall–Kier alpha value is -1.05. The number of hydrogen-bond donors (Lipinski definition) is 0. The van der Waals surface area contributed by atoms with Gasteiger partial charge in [0.2, 0.25) is 0 Å². The van der Waals surface area contributed by atoms with Crippen LogP contribution in [0.25, 0.3) is 0 Å². The van der Waals surface area contributed by atoms with Crippen LogP contribution in [0, 0.1) is 23.7 Å². The smallest absolute Gasteiger partial charge is 0.298 e. The van der Waals surface area contributed by atoms with Crippen LogP contribution in [0.1, 0.15) is 20.3 Å². The number of morpholine rings is 1. The first-order chi connectivity index (χ1) is 9.16. The topological polar surface area (TPSA) is 32.8 Å². The Morgan fingerprint density at radius 1 is 1.32 bits per heavy atom. The lowest BCUT2D eigenvalue weighted by Gasteiger charge is -2.24. The number of hydrogen-bond acceptors (Lipinski definition) is 3. The third-order valence-electron chi connectivity index (χ3n) is 4.06. The van der Waals surface area contributed by atoms with E-state index in [1.165, 1.54) is 0 Å². The molecule has 0 N–H and O–H groups in total. The van der Waals surface area contributed by atoms with Crippen molar-refractivity contribution in [3.8, 4) is 11.8 Å². The van der Waals surface area contributed by atoms with Crippen molar-refractivity contribution in [3.05, 3.63) is 0 Å². The van der Waals surface area contributed by atoms with Crippen molar-refractivity contribution in [2.75, 3.05) is 45.9 Å². The second-order valence-electron chi connectivity index (χ2n) is 5.73. The molecule has 2 saturated heterocycles. The van der Waals surface area contributed by atoms with E-state index in [9.17, 15) is 4.79 Å². The van der Waals surface area contributed by atoms with Gasteiger partial charge >= 0.3 is 0 Å². The lowest BCUT2D eigenvalue weighted by Crippen LogP contribution is -2.36. The van der Waals surface area contributed by atoms with Crippen LogP contribution in [0.3, 0.4) is 0 Å². The SMILES string of the molecule is CC(C)C1CCN(C(=O)C#CCN2CCOCC2)C1. The molecule has 0 aromatic heterocycles. The number of likely N-dealkylation sites (tertiary alicyclic amines) is 1. The Morgan fingerprint density at radius 3 is 2.68 bits per heavy atom. The maximum Gasteiger partial charge on any atom is 0.298 e. The molecule has 0 aromatic carbocycles. The number of nitrogens with zero attached hydrogens (tertiary/aromatic N) is 2. The van der Waals surface area contributed by atoms with Gasteiger partial charge in [-0.3, -0.25) is 9.69 Å². The summed E-state index contributed by atoms with van der Waals surface area (Å²) in [5.74, 6) is 7.08. The minimum atomic E-state index is -0.00332. The lowest BCUT2D eigenvalue weighted by molar-refractivity contribution is -0.124. The molecule has 0 spiro atoms. The van der Waals surface area contributed by atoms with Crippen LogP contribution in [0.15, 0.2) is 0 Å². The summed E-state index contributed by atoms with van der Waals surface area (Å²) < 4.78 is 5.28. The van der Waals surface area contributed by atoms with Crippen molar-refractivity contribution in [1.29, 1.82) is 0 Å². The molecule has 0 bridgehead atoms. The van der Waals surface area contributed by atoms with Gasteiger partial charge in [0.05, 0.1) is 19.8 Å². The van der Waals surface area contributed by atoms with Crippen LogP contribution in [0.2, 0.25) is 0 Å². The number of carbonyl (C=O) groups excluding carboxylic acids is 1. The van der Waals surface area contributed by atoms with Gasteiger partial charge in [0.25, 0.3) is 5.91 Å². The summed E-state index contributed by atoms with van der Waals surface area (Å²) in [7, 11) is 0. The molecule has 0 radical (unpaired) electrons. The molecule has 106 valence electrons. The molecule has 1 amide bonds. The number of ether oxygens (including phenoxy) is 1. The molecule has 0 saturated carbocycles.